The number of imidazole rings is 1. The molecule has 3 aromatic rings. The number of aryl methyl sites for hydroxylation is 1. The summed E-state index contributed by atoms with van der Waals surface area (Å²) in [7, 11) is 1.66. The SMILES string of the molecule is COCc1ccc(C(=O)NC2CCC3(CC2)CN(C(=O)c2ccc4cnc(C)n4c2)C3)cc1. The molecule has 0 atom stereocenters. The molecule has 1 aliphatic heterocycles. The van der Waals surface area contributed by atoms with E-state index in [0.717, 1.165) is 55.7 Å². The minimum Gasteiger partial charge on any atom is -0.380 e. The first-order valence-electron chi connectivity index (χ1n) is 11.6. The predicted octanol–water partition coefficient (Wildman–Crippen LogP) is 3.60. The van der Waals surface area contributed by atoms with E-state index in [4.69, 9.17) is 4.74 Å². The minimum atomic E-state index is -0.0180. The molecular weight excluding hydrogens is 416 g/mol. The number of ether oxygens (including phenoxy) is 1. The number of nitrogens with zero attached hydrogens (tertiary/aromatic N) is 3. The molecule has 0 radical (unpaired) electrons. The molecule has 2 amide bonds. The zero-order valence-corrected chi connectivity index (χ0v) is 19.2. The van der Waals surface area contributed by atoms with Crippen molar-refractivity contribution in [3.8, 4) is 0 Å². The van der Waals surface area contributed by atoms with Crippen LogP contribution in [0.3, 0.4) is 0 Å². The van der Waals surface area contributed by atoms with Gasteiger partial charge in [-0.2, -0.15) is 0 Å². The summed E-state index contributed by atoms with van der Waals surface area (Å²) >= 11 is 0. The van der Waals surface area contributed by atoms with E-state index >= 15 is 0 Å². The van der Waals surface area contributed by atoms with E-state index in [-0.39, 0.29) is 23.3 Å². The third-order valence-electron chi connectivity index (χ3n) is 7.21. The molecule has 33 heavy (non-hydrogen) atoms. The van der Waals surface area contributed by atoms with E-state index in [1.807, 2.05) is 65.0 Å². The monoisotopic (exact) mass is 446 g/mol. The van der Waals surface area contributed by atoms with E-state index in [9.17, 15) is 9.59 Å². The van der Waals surface area contributed by atoms with Crippen molar-refractivity contribution < 1.29 is 14.3 Å². The fourth-order valence-electron chi connectivity index (χ4n) is 5.21. The number of rotatable bonds is 5. The number of nitrogens with one attached hydrogen (secondary N) is 1. The van der Waals surface area contributed by atoms with Gasteiger partial charge in [0.2, 0.25) is 0 Å². The lowest BCUT2D eigenvalue weighted by Gasteiger charge is -2.53. The van der Waals surface area contributed by atoms with Crippen molar-refractivity contribution in [3.63, 3.8) is 0 Å². The number of aromatic nitrogens is 2. The highest BCUT2D eigenvalue weighted by Gasteiger charge is 2.47. The minimum absolute atomic E-state index is 0.0180. The van der Waals surface area contributed by atoms with E-state index in [0.29, 0.717) is 17.7 Å². The Morgan fingerprint density at radius 3 is 2.48 bits per heavy atom. The molecule has 7 heteroatoms. The molecule has 2 aliphatic rings. The van der Waals surface area contributed by atoms with Gasteiger partial charge in [0.25, 0.3) is 11.8 Å². The van der Waals surface area contributed by atoms with Crippen LogP contribution in [0, 0.1) is 12.3 Å². The van der Waals surface area contributed by atoms with Gasteiger partial charge >= 0.3 is 0 Å². The lowest BCUT2D eigenvalue weighted by molar-refractivity contribution is -0.0198. The molecule has 1 spiro atoms. The Labute approximate surface area is 193 Å². The van der Waals surface area contributed by atoms with Crippen molar-refractivity contribution in [1.29, 1.82) is 0 Å². The summed E-state index contributed by atoms with van der Waals surface area (Å²) in [5.41, 5.74) is 3.64. The van der Waals surface area contributed by atoms with Crippen LogP contribution in [0.4, 0.5) is 0 Å². The zero-order valence-electron chi connectivity index (χ0n) is 19.2. The van der Waals surface area contributed by atoms with Crippen molar-refractivity contribution in [2.45, 2.75) is 45.3 Å². The maximum atomic E-state index is 13.0. The molecule has 0 bridgehead atoms. The molecule has 1 saturated carbocycles. The van der Waals surface area contributed by atoms with Gasteiger partial charge in [0.05, 0.1) is 23.9 Å². The molecule has 1 aliphatic carbocycles. The number of hydrogen-bond acceptors (Lipinski definition) is 4. The number of amides is 2. The average Bonchev–Trinajstić information content (AvgIpc) is 3.18. The number of carbonyl (C=O) groups excluding carboxylic acids is 2. The summed E-state index contributed by atoms with van der Waals surface area (Å²) in [4.78, 5) is 31.9. The highest BCUT2D eigenvalue weighted by molar-refractivity contribution is 5.95. The van der Waals surface area contributed by atoms with Gasteiger partial charge < -0.3 is 19.4 Å². The van der Waals surface area contributed by atoms with Crippen molar-refractivity contribution in [2.24, 2.45) is 5.41 Å². The summed E-state index contributed by atoms with van der Waals surface area (Å²) in [6, 6.07) is 11.6. The van der Waals surface area contributed by atoms with Gasteiger partial charge in [-0.1, -0.05) is 12.1 Å². The molecule has 1 saturated heterocycles. The van der Waals surface area contributed by atoms with Crippen LogP contribution in [0.1, 0.15) is 57.8 Å². The second-order valence-corrected chi connectivity index (χ2v) is 9.56. The van der Waals surface area contributed by atoms with Crippen LogP contribution in [0.15, 0.2) is 48.8 Å². The number of likely N-dealkylation sites (tertiary alicyclic amines) is 1. The first-order valence-corrected chi connectivity index (χ1v) is 11.6. The Hall–Kier alpha value is -3.19. The van der Waals surface area contributed by atoms with E-state index in [1.165, 1.54) is 0 Å². The molecule has 7 nitrogen and oxygen atoms in total. The van der Waals surface area contributed by atoms with Gasteiger partial charge in [0.15, 0.2) is 0 Å². The summed E-state index contributed by atoms with van der Waals surface area (Å²) < 4.78 is 7.08. The standard InChI is InChI=1S/C26H30N4O3/c1-18-27-13-23-8-7-21(14-30(18)23)25(32)29-16-26(17-29)11-9-22(10-12-26)28-24(31)20-5-3-19(4-6-20)15-33-2/h3-8,13-14,22H,9-12,15-17H2,1-2H3,(H,28,31). The fraction of sp³-hybridized carbons (Fsp3) is 0.423. The number of hydrogen-bond donors (Lipinski definition) is 1. The number of methoxy groups -OCH3 is 1. The van der Waals surface area contributed by atoms with E-state index < -0.39 is 0 Å². The number of fused-ring (bicyclic) bond motifs is 1. The summed E-state index contributed by atoms with van der Waals surface area (Å²) in [5, 5.41) is 3.19. The maximum Gasteiger partial charge on any atom is 0.255 e. The molecule has 1 N–H and O–H groups in total. The first-order chi connectivity index (χ1) is 16.0. The van der Waals surface area contributed by atoms with Crippen LogP contribution < -0.4 is 5.32 Å². The molecule has 0 unspecified atom stereocenters. The Kier molecular flexibility index (Phi) is 5.66. The molecule has 2 aromatic heterocycles. The smallest absolute Gasteiger partial charge is 0.255 e. The van der Waals surface area contributed by atoms with Gasteiger partial charge in [-0.05, 0) is 62.4 Å². The number of pyridine rings is 1. The van der Waals surface area contributed by atoms with Crippen molar-refractivity contribution >= 4 is 17.3 Å². The first kappa shape index (κ1) is 21.6. The van der Waals surface area contributed by atoms with Crippen LogP contribution in [0.5, 0.6) is 0 Å². The zero-order chi connectivity index (χ0) is 23.0. The summed E-state index contributed by atoms with van der Waals surface area (Å²) in [6.45, 7) is 4.08. The number of benzene rings is 1. The largest absolute Gasteiger partial charge is 0.380 e. The van der Waals surface area contributed by atoms with Gasteiger partial charge in [-0.15, -0.1) is 0 Å². The van der Waals surface area contributed by atoms with E-state index in [2.05, 4.69) is 10.3 Å². The van der Waals surface area contributed by atoms with Crippen molar-refractivity contribution in [3.05, 3.63) is 71.3 Å². The van der Waals surface area contributed by atoms with Crippen LogP contribution >= 0.6 is 0 Å². The van der Waals surface area contributed by atoms with Gasteiger partial charge in [0.1, 0.15) is 5.82 Å². The Balaban J connectivity index is 1.13. The molecule has 2 fully saturated rings. The lowest BCUT2D eigenvalue weighted by atomic mass is 9.67. The van der Waals surface area contributed by atoms with Crippen molar-refractivity contribution in [1.82, 2.24) is 19.6 Å². The highest BCUT2D eigenvalue weighted by atomic mass is 16.5. The van der Waals surface area contributed by atoms with E-state index in [1.54, 1.807) is 7.11 Å². The second kappa shape index (κ2) is 8.63. The lowest BCUT2D eigenvalue weighted by Crippen LogP contribution is -2.60. The molecule has 172 valence electrons. The van der Waals surface area contributed by atoms with Gasteiger partial charge in [-0.25, -0.2) is 4.98 Å². The normalized spacial score (nSPS) is 17.8. The maximum absolute atomic E-state index is 13.0. The Morgan fingerprint density at radius 2 is 1.79 bits per heavy atom. The molecule has 1 aromatic carbocycles. The Bertz CT molecular complexity index is 1170. The van der Waals surface area contributed by atoms with Gasteiger partial charge in [-0.3, -0.25) is 9.59 Å². The molecule has 3 heterocycles. The summed E-state index contributed by atoms with van der Waals surface area (Å²) in [6.07, 6.45) is 7.68. The average molecular weight is 447 g/mol. The van der Waals surface area contributed by atoms with Crippen LogP contribution in [0.2, 0.25) is 0 Å². The molecule has 5 rings (SSSR count). The highest BCUT2D eigenvalue weighted by Crippen LogP contribution is 2.44. The summed E-state index contributed by atoms with van der Waals surface area (Å²) in [5.74, 6) is 0.949. The fourth-order valence-corrected chi connectivity index (χ4v) is 5.21. The third-order valence-corrected chi connectivity index (χ3v) is 7.21. The number of carbonyl (C=O) groups is 2. The van der Waals surface area contributed by atoms with Gasteiger partial charge in [0, 0.05) is 43.4 Å². The van der Waals surface area contributed by atoms with Crippen LogP contribution in [-0.4, -0.2) is 52.3 Å². The molecular formula is C26H30N4O3. The van der Waals surface area contributed by atoms with Crippen LogP contribution in [0.25, 0.3) is 5.52 Å². The topological polar surface area (TPSA) is 75.9 Å². The Morgan fingerprint density at radius 1 is 1.09 bits per heavy atom. The quantitative estimate of drug-likeness (QED) is 0.650. The van der Waals surface area contributed by atoms with Crippen LogP contribution in [-0.2, 0) is 11.3 Å². The second-order valence-electron chi connectivity index (χ2n) is 9.56. The van der Waals surface area contributed by atoms with Crippen molar-refractivity contribution in [2.75, 3.05) is 20.2 Å². The third kappa shape index (κ3) is 4.25. The predicted molar refractivity (Wildman–Crippen MR) is 125 cm³/mol.